The molecule has 0 saturated carbocycles. The summed E-state index contributed by atoms with van der Waals surface area (Å²) in [6, 6.07) is 9.51. The van der Waals surface area contributed by atoms with Crippen molar-refractivity contribution in [2.75, 3.05) is 18.4 Å². The van der Waals surface area contributed by atoms with Gasteiger partial charge in [0.15, 0.2) is 0 Å². The van der Waals surface area contributed by atoms with E-state index in [0.717, 1.165) is 12.8 Å². The van der Waals surface area contributed by atoms with Gasteiger partial charge in [-0.1, -0.05) is 17.7 Å². The first kappa shape index (κ1) is 17.8. The topological polar surface area (TPSA) is 66.5 Å². The lowest BCUT2D eigenvalue weighted by atomic mass is 10.2. The van der Waals surface area contributed by atoms with Gasteiger partial charge in [0.1, 0.15) is 10.7 Å². The van der Waals surface area contributed by atoms with Crippen molar-refractivity contribution in [3.8, 4) is 0 Å². The number of hydrogen-bond acceptors (Lipinski definition) is 3. The second-order valence-corrected chi connectivity index (χ2v) is 8.03. The molecule has 8 heteroatoms. The van der Waals surface area contributed by atoms with Gasteiger partial charge in [0.2, 0.25) is 10.0 Å². The summed E-state index contributed by atoms with van der Waals surface area (Å²) in [6.45, 7) is 0.886. The van der Waals surface area contributed by atoms with Crippen LogP contribution in [0.15, 0.2) is 47.4 Å². The first-order chi connectivity index (χ1) is 11.9. The minimum Gasteiger partial charge on any atom is -0.322 e. The Morgan fingerprint density at radius 2 is 1.84 bits per heavy atom. The van der Waals surface area contributed by atoms with Crippen LogP contribution in [0.2, 0.25) is 5.02 Å². The number of halogens is 2. The third kappa shape index (κ3) is 3.84. The lowest BCUT2D eigenvalue weighted by Gasteiger charge is -2.17. The van der Waals surface area contributed by atoms with E-state index in [9.17, 15) is 17.6 Å². The van der Waals surface area contributed by atoms with E-state index in [4.69, 9.17) is 11.6 Å². The molecule has 1 aliphatic rings. The Labute approximate surface area is 150 Å². The number of hydrogen-bond donors (Lipinski definition) is 1. The molecule has 5 nitrogen and oxygen atoms in total. The average molecular weight is 383 g/mol. The minimum absolute atomic E-state index is 0.0641. The van der Waals surface area contributed by atoms with Crippen LogP contribution >= 0.6 is 11.6 Å². The maximum Gasteiger partial charge on any atom is 0.255 e. The first-order valence-electron chi connectivity index (χ1n) is 7.74. The first-order valence-corrected chi connectivity index (χ1v) is 9.56. The Bertz CT molecular complexity index is 912. The largest absolute Gasteiger partial charge is 0.322 e. The standard InChI is InChI=1S/C17H16ClFN2O3S/c18-15-7-6-12(17(22)20-14-5-3-4-13(19)11-14)10-16(15)25(23,24)21-8-1-2-9-21/h3-7,10-11H,1-2,8-9H2,(H,20,22). The zero-order chi connectivity index (χ0) is 18.0. The van der Waals surface area contributed by atoms with Crippen molar-refractivity contribution in [3.63, 3.8) is 0 Å². The van der Waals surface area contributed by atoms with E-state index in [0.29, 0.717) is 13.1 Å². The van der Waals surface area contributed by atoms with Crippen molar-refractivity contribution >= 4 is 33.2 Å². The molecule has 1 fully saturated rings. The zero-order valence-electron chi connectivity index (χ0n) is 13.2. The van der Waals surface area contributed by atoms with Crippen molar-refractivity contribution in [1.82, 2.24) is 4.31 Å². The van der Waals surface area contributed by atoms with Crippen molar-refractivity contribution in [2.45, 2.75) is 17.7 Å². The van der Waals surface area contributed by atoms with Gasteiger partial charge in [-0.15, -0.1) is 0 Å². The lowest BCUT2D eigenvalue weighted by Crippen LogP contribution is -2.28. The summed E-state index contributed by atoms with van der Waals surface area (Å²) in [4.78, 5) is 12.3. The molecule has 25 heavy (non-hydrogen) atoms. The molecule has 0 aromatic heterocycles. The van der Waals surface area contributed by atoms with Gasteiger partial charge in [-0.3, -0.25) is 4.79 Å². The normalized spacial score (nSPS) is 15.3. The molecule has 0 spiro atoms. The average Bonchev–Trinajstić information content (AvgIpc) is 3.10. The summed E-state index contributed by atoms with van der Waals surface area (Å²) < 4.78 is 40.0. The molecule has 0 aliphatic carbocycles. The number of rotatable bonds is 4. The molecule has 0 atom stereocenters. The van der Waals surface area contributed by atoms with Gasteiger partial charge in [-0.2, -0.15) is 4.31 Å². The number of anilines is 1. The molecular formula is C17H16ClFN2O3S. The fourth-order valence-corrected chi connectivity index (χ4v) is 4.70. The van der Waals surface area contributed by atoms with Crippen molar-refractivity contribution in [2.24, 2.45) is 0 Å². The molecular weight excluding hydrogens is 367 g/mol. The maximum atomic E-state index is 13.2. The molecule has 1 heterocycles. The number of nitrogens with one attached hydrogen (secondary N) is 1. The summed E-state index contributed by atoms with van der Waals surface area (Å²) >= 11 is 6.06. The van der Waals surface area contributed by atoms with Crippen LogP contribution in [-0.2, 0) is 10.0 Å². The molecule has 132 valence electrons. The Morgan fingerprint density at radius 3 is 2.52 bits per heavy atom. The predicted octanol–water partition coefficient (Wildman–Crippen LogP) is 3.52. The highest BCUT2D eigenvalue weighted by Crippen LogP contribution is 2.28. The molecule has 0 radical (unpaired) electrons. The fourth-order valence-electron chi connectivity index (χ4n) is 2.68. The molecule has 1 amide bonds. The molecule has 1 saturated heterocycles. The molecule has 1 N–H and O–H groups in total. The van der Waals surface area contributed by atoms with E-state index in [1.54, 1.807) is 6.07 Å². The van der Waals surface area contributed by atoms with Crippen molar-refractivity contribution in [3.05, 3.63) is 58.9 Å². The van der Waals surface area contributed by atoms with Gasteiger partial charge in [-0.25, -0.2) is 12.8 Å². The molecule has 1 aliphatic heterocycles. The Kier molecular flexibility index (Phi) is 5.08. The van der Waals surface area contributed by atoms with E-state index in [1.165, 1.54) is 40.7 Å². The van der Waals surface area contributed by atoms with Gasteiger partial charge >= 0.3 is 0 Å². The Hall–Kier alpha value is -1.96. The number of carbonyl (C=O) groups excluding carboxylic acids is 1. The quantitative estimate of drug-likeness (QED) is 0.879. The van der Waals surface area contributed by atoms with Crippen molar-refractivity contribution < 1.29 is 17.6 Å². The number of carbonyl (C=O) groups is 1. The summed E-state index contributed by atoms with van der Waals surface area (Å²) in [7, 11) is -3.74. The van der Waals surface area contributed by atoms with E-state index >= 15 is 0 Å². The van der Waals surface area contributed by atoms with Crippen LogP contribution in [-0.4, -0.2) is 31.7 Å². The van der Waals surface area contributed by atoms with Gasteiger partial charge in [0.25, 0.3) is 5.91 Å². The van der Waals surface area contributed by atoms with Crippen LogP contribution < -0.4 is 5.32 Å². The number of sulfonamides is 1. The number of nitrogens with zero attached hydrogens (tertiary/aromatic N) is 1. The highest BCUT2D eigenvalue weighted by atomic mass is 35.5. The Morgan fingerprint density at radius 1 is 1.12 bits per heavy atom. The maximum absolute atomic E-state index is 13.2. The van der Waals surface area contributed by atoms with Crippen LogP contribution in [0.4, 0.5) is 10.1 Å². The summed E-state index contributed by atoms with van der Waals surface area (Å²) in [5.74, 6) is -1.02. The monoisotopic (exact) mass is 382 g/mol. The minimum atomic E-state index is -3.74. The molecule has 0 unspecified atom stereocenters. The SMILES string of the molecule is O=C(Nc1cccc(F)c1)c1ccc(Cl)c(S(=O)(=O)N2CCCC2)c1. The van der Waals surface area contributed by atoms with E-state index in [-0.39, 0.29) is 21.2 Å². The zero-order valence-corrected chi connectivity index (χ0v) is 14.8. The number of amides is 1. The fraction of sp³-hybridized carbons (Fsp3) is 0.235. The predicted molar refractivity (Wildman–Crippen MR) is 93.8 cm³/mol. The Balaban J connectivity index is 1.89. The van der Waals surface area contributed by atoms with Crippen LogP contribution in [0.5, 0.6) is 0 Å². The summed E-state index contributed by atoms with van der Waals surface area (Å²) in [5, 5.41) is 2.60. The van der Waals surface area contributed by atoms with E-state index < -0.39 is 21.7 Å². The number of benzene rings is 2. The smallest absolute Gasteiger partial charge is 0.255 e. The second kappa shape index (κ2) is 7.11. The van der Waals surface area contributed by atoms with Gasteiger partial charge < -0.3 is 5.32 Å². The second-order valence-electron chi connectivity index (χ2n) is 5.72. The third-order valence-electron chi connectivity index (χ3n) is 3.96. The molecule has 2 aromatic rings. The van der Waals surface area contributed by atoms with Crippen LogP contribution in [0.3, 0.4) is 0 Å². The van der Waals surface area contributed by atoms with Gasteiger partial charge in [-0.05, 0) is 49.2 Å². The lowest BCUT2D eigenvalue weighted by molar-refractivity contribution is 0.102. The molecule has 3 rings (SSSR count). The van der Waals surface area contributed by atoms with Crippen LogP contribution in [0, 0.1) is 5.82 Å². The highest BCUT2D eigenvalue weighted by Gasteiger charge is 2.29. The van der Waals surface area contributed by atoms with Gasteiger partial charge in [0, 0.05) is 24.3 Å². The van der Waals surface area contributed by atoms with Crippen molar-refractivity contribution in [1.29, 1.82) is 0 Å². The third-order valence-corrected chi connectivity index (χ3v) is 6.34. The molecule has 2 aromatic carbocycles. The summed E-state index contributed by atoms with van der Waals surface area (Å²) in [6.07, 6.45) is 1.60. The highest BCUT2D eigenvalue weighted by molar-refractivity contribution is 7.89. The summed E-state index contributed by atoms with van der Waals surface area (Å²) in [5.41, 5.74) is 0.412. The van der Waals surface area contributed by atoms with E-state index in [2.05, 4.69) is 5.32 Å². The molecule has 0 bridgehead atoms. The van der Waals surface area contributed by atoms with Gasteiger partial charge in [0.05, 0.1) is 5.02 Å². The van der Waals surface area contributed by atoms with Crippen LogP contribution in [0.1, 0.15) is 23.2 Å². The van der Waals surface area contributed by atoms with E-state index in [1.807, 2.05) is 0 Å². The van der Waals surface area contributed by atoms with Crippen LogP contribution in [0.25, 0.3) is 0 Å².